The molecular weight excluding hydrogens is 206 g/mol. The number of hydrogen-bond acceptors (Lipinski definition) is 3. The molecular formula is C9H6F2N2O2. The largest absolute Gasteiger partial charge is 0.477 e. The number of halogens is 2. The third-order valence-corrected chi connectivity index (χ3v) is 1.80. The minimum atomic E-state index is -2.89. The molecule has 6 heteroatoms. The lowest BCUT2D eigenvalue weighted by Crippen LogP contribution is -2.06. The van der Waals surface area contributed by atoms with Crippen molar-refractivity contribution in [2.75, 3.05) is 0 Å². The van der Waals surface area contributed by atoms with Crippen LogP contribution in [0.2, 0.25) is 0 Å². The number of nitrogens with zero attached hydrogens (tertiary/aromatic N) is 2. The van der Waals surface area contributed by atoms with Gasteiger partial charge in [0.1, 0.15) is 11.8 Å². The van der Waals surface area contributed by atoms with E-state index < -0.39 is 23.7 Å². The topological polar surface area (TPSA) is 74.0 Å². The predicted octanol–water partition coefficient (Wildman–Crippen LogP) is 1.90. The lowest BCUT2D eigenvalue weighted by molar-refractivity contribution is 0.0689. The Morgan fingerprint density at radius 3 is 2.67 bits per heavy atom. The second-order valence-corrected chi connectivity index (χ2v) is 2.77. The first-order valence-electron chi connectivity index (χ1n) is 3.90. The number of carboxylic acid groups (broad SMARTS) is 1. The zero-order valence-corrected chi connectivity index (χ0v) is 7.66. The van der Waals surface area contributed by atoms with E-state index in [2.05, 4.69) is 4.98 Å². The van der Waals surface area contributed by atoms with Crippen molar-refractivity contribution in [1.29, 1.82) is 5.26 Å². The summed E-state index contributed by atoms with van der Waals surface area (Å²) < 4.78 is 24.9. The SMILES string of the molecule is Cc1nc(C(=O)O)cc(C(F)F)c1C#N. The number of alkyl halides is 2. The number of carbonyl (C=O) groups is 1. The van der Waals surface area contributed by atoms with E-state index in [0.717, 1.165) is 6.07 Å². The molecule has 0 fully saturated rings. The fraction of sp³-hybridized carbons (Fsp3) is 0.222. The first kappa shape index (κ1) is 11.0. The maximum atomic E-state index is 12.5. The number of aromatic carboxylic acids is 1. The average molecular weight is 212 g/mol. The van der Waals surface area contributed by atoms with E-state index >= 15 is 0 Å². The van der Waals surface area contributed by atoms with Crippen molar-refractivity contribution in [3.8, 4) is 6.07 Å². The van der Waals surface area contributed by atoms with Gasteiger partial charge in [-0.2, -0.15) is 5.26 Å². The molecule has 0 saturated carbocycles. The van der Waals surface area contributed by atoms with Gasteiger partial charge in [-0.1, -0.05) is 0 Å². The van der Waals surface area contributed by atoms with Gasteiger partial charge in [0, 0.05) is 5.56 Å². The average Bonchev–Trinajstić information content (AvgIpc) is 2.16. The van der Waals surface area contributed by atoms with Crippen LogP contribution in [0.25, 0.3) is 0 Å². The molecule has 0 spiro atoms. The van der Waals surface area contributed by atoms with E-state index in [4.69, 9.17) is 10.4 Å². The van der Waals surface area contributed by atoms with Crippen molar-refractivity contribution in [1.82, 2.24) is 4.98 Å². The van der Waals surface area contributed by atoms with Crippen molar-refractivity contribution in [2.24, 2.45) is 0 Å². The molecule has 0 bridgehead atoms. The van der Waals surface area contributed by atoms with Crippen LogP contribution in [-0.2, 0) is 0 Å². The van der Waals surface area contributed by atoms with E-state index in [-0.39, 0.29) is 11.3 Å². The molecule has 1 N–H and O–H groups in total. The molecule has 1 rings (SSSR count). The first-order chi connectivity index (χ1) is 6.97. The zero-order valence-electron chi connectivity index (χ0n) is 7.66. The van der Waals surface area contributed by atoms with Crippen molar-refractivity contribution in [3.05, 3.63) is 28.6 Å². The lowest BCUT2D eigenvalue weighted by Gasteiger charge is -2.06. The number of hydrogen-bond donors (Lipinski definition) is 1. The van der Waals surface area contributed by atoms with Crippen LogP contribution in [0.3, 0.4) is 0 Å². The Morgan fingerprint density at radius 1 is 1.67 bits per heavy atom. The van der Waals surface area contributed by atoms with Crippen molar-refractivity contribution in [2.45, 2.75) is 13.3 Å². The Morgan fingerprint density at radius 2 is 2.27 bits per heavy atom. The Kier molecular flexibility index (Phi) is 2.95. The maximum absolute atomic E-state index is 12.5. The highest BCUT2D eigenvalue weighted by molar-refractivity contribution is 5.85. The van der Waals surface area contributed by atoms with Gasteiger partial charge in [0.05, 0.1) is 11.3 Å². The van der Waals surface area contributed by atoms with Crippen LogP contribution in [0.4, 0.5) is 8.78 Å². The molecule has 0 unspecified atom stereocenters. The smallest absolute Gasteiger partial charge is 0.354 e. The predicted molar refractivity (Wildman–Crippen MR) is 45.6 cm³/mol. The number of pyridine rings is 1. The fourth-order valence-corrected chi connectivity index (χ4v) is 1.12. The molecule has 0 aliphatic rings. The van der Waals surface area contributed by atoms with Gasteiger partial charge in [-0.3, -0.25) is 0 Å². The molecule has 0 amide bonds. The van der Waals surface area contributed by atoms with Gasteiger partial charge in [-0.25, -0.2) is 18.6 Å². The summed E-state index contributed by atoms with van der Waals surface area (Å²) in [7, 11) is 0. The minimum absolute atomic E-state index is 0.00676. The molecule has 78 valence electrons. The standard InChI is InChI=1S/C9H6F2N2O2/c1-4-6(3-12)5(8(10)11)2-7(13-4)9(14)15/h2,8H,1H3,(H,14,15). The summed E-state index contributed by atoms with van der Waals surface area (Å²) in [5.41, 5.74) is -1.35. The Balaban J connectivity index is 3.47. The highest BCUT2D eigenvalue weighted by Gasteiger charge is 2.19. The normalized spacial score (nSPS) is 10.1. The van der Waals surface area contributed by atoms with Gasteiger partial charge in [0.25, 0.3) is 6.43 Å². The van der Waals surface area contributed by atoms with Crippen LogP contribution in [0.5, 0.6) is 0 Å². The number of aromatic nitrogens is 1. The van der Waals surface area contributed by atoms with Gasteiger partial charge in [0.15, 0.2) is 0 Å². The van der Waals surface area contributed by atoms with E-state index in [1.54, 1.807) is 6.07 Å². The zero-order chi connectivity index (χ0) is 11.6. The fourth-order valence-electron chi connectivity index (χ4n) is 1.12. The van der Waals surface area contributed by atoms with E-state index in [1.165, 1.54) is 6.92 Å². The highest BCUT2D eigenvalue weighted by atomic mass is 19.3. The maximum Gasteiger partial charge on any atom is 0.354 e. The van der Waals surface area contributed by atoms with Gasteiger partial charge in [-0.15, -0.1) is 0 Å². The molecule has 1 heterocycles. The lowest BCUT2D eigenvalue weighted by atomic mass is 10.1. The van der Waals surface area contributed by atoms with Crippen LogP contribution < -0.4 is 0 Å². The van der Waals surface area contributed by atoms with Crippen LogP contribution in [0, 0.1) is 18.3 Å². The molecule has 0 saturated heterocycles. The summed E-state index contributed by atoms with van der Waals surface area (Å²) in [6.07, 6.45) is -2.89. The first-order valence-corrected chi connectivity index (χ1v) is 3.90. The van der Waals surface area contributed by atoms with E-state index in [0.29, 0.717) is 0 Å². The van der Waals surface area contributed by atoms with Crippen molar-refractivity contribution < 1.29 is 18.7 Å². The molecule has 15 heavy (non-hydrogen) atoms. The summed E-state index contributed by atoms with van der Waals surface area (Å²) >= 11 is 0. The van der Waals surface area contributed by atoms with Crippen molar-refractivity contribution in [3.63, 3.8) is 0 Å². The summed E-state index contributed by atoms with van der Waals surface area (Å²) in [6, 6.07) is 2.30. The molecule has 0 aromatic carbocycles. The van der Waals surface area contributed by atoms with Crippen LogP contribution in [-0.4, -0.2) is 16.1 Å². The second kappa shape index (κ2) is 4.00. The summed E-state index contributed by atoms with van der Waals surface area (Å²) in [5, 5.41) is 17.2. The third-order valence-electron chi connectivity index (χ3n) is 1.80. The monoisotopic (exact) mass is 212 g/mol. The van der Waals surface area contributed by atoms with Gasteiger partial charge in [0.2, 0.25) is 0 Å². The molecule has 0 aliphatic heterocycles. The van der Waals surface area contributed by atoms with Gasteiger partial charge >= 0.3 is 5.97 Å². The minimum Gasteiger partial charge on any atom is -0.477 e. The molecule has 1 aromatic rings. The number of nitriles is 1. The van der Waals surface area contributed by atoms with Crippen molar-refractivity contribution >= 4 is 5.97 Å². The Labute approximate surface area is 83.8 Å². The highest BCUT2D eigenvalue weighted by Crippen LogP contribution is 2.24. The number of aryl methyl sites for hydroxylation is 1. The quantitative estimate of drug-likeness (QED) is 0.812. The van der Waals surface area contributed by atoms with E-state index in [9.17, 15) is 13.6 Å². The molecule has 0 atom stereocenters. The van der Waals surface area contributed by atoms with Gasteiger partial charge in [-0.05, 0) is 13.0 Å². The van der Waals surface area contributed by atoms with Gasteiger partial charge < -0.3 is 5.11 Å². The molecule has 4 nitrogen and oxygen atoms in total. The number of rotatable bonds is 2. The summed E-state index contributed by atoms with van der Waals surface area (Å²) in [6.45, 7) is 1.32. The summed E-state index contributed by atoms with van der Waals surface area (Å²) in [5.74, 6) is -1.40. The number of carboxylic acids is 1. The van der Waals surface area contributed by atoms with Crippen LogP contribution >= 0.6 is 0 Å². The Hall–Kier alpha value is -2.03. The molecule has 1 aromatic heterocycles. The van der Waals surface area contributed by atoms with E-state index in [1.807, 2.05) is 0 Å². The second-order valence-electron chi connectivity index (χ2n) is 2.77. The molecule has 0 radical (unpaired) electrons. The summed E-state index contributed by atoms with van der Waals surface area (Å²) in [4.78, 5) is 14.1. The Bertz CT molecular complexity index is 452. The van der Waals surface area contributed by atoms with Crippen LogP contribution in [0.15, 0.2) is 6.07 Å². The molecule has 0 aliphatic carbocycles. The van der Waals surface area contributed by atoms with Crippen LogP contribution in [0.1, 0.15) is 33.7 Å². The third kappa shape index (κ3) is 2.07.